The Balaban J connectivity index is 1.81. The average Bonchev–Trinajstić information content (AvgIpc) is 2.61. The zero-order chi connectivity index (χ0) is 19.4. The summed E-state index contributed by atoms with van der Waals surface area (Å²) in [5.41, 5.74) is -0.164. The van der Waals surface area contributed by atoms with Crippen LogP contribution in [0.5, 0.6) is 28.7 Å². The van der Waals surface area contributed by atoms with Crippen molar-refractivity contribution in [2.45, 2.75) is 0 Å². The van der Waals surface area contributed by atoms with Gasteiger partial charge >= 0.3 is 11.9 Å². The zero-order valence-electron chi connectivity index (χ0n) is 13.8. The van der Waals surface area contributed by atoms with Crippen LogP contribution in [-0.2, 0) is 0 Å². The van der Waals surface area contributed by atoms with Gasteiger partial charge in [-0.3, -0.25) is 0 Å². The van der Waals surface area contributed by atoms with Crippen LogP contribution in [0.15, 0.2) is 66.7 Å². The second-order valence-corrected chi connectivity index (χ2v) is 5.54. The lowest BCUT2D eigenvalue weighted by molar-refractivity contribution is 0.0734. The molecule has 0 unspecified atom stereocenters. The van der Waals surface area contributed by atoms with Gasteiger partial charge in [-0.05, 0) is 42.5 Å². The molecule has 7 heteroatoms. The molecule has 136 valence electrons. The first-order valence-electron chi connectivity index (χ1n) is 7.77. The molecular formula is C20H14O7. The van der Waals surface area contributed by atoms with Gasteiger partial charge in [-0.1, -0.05) is 12.1 Å². The lowest BCUT2D eigenvalue weighted by Crippen LogP contribution is -2.12. The van der Waals surface area contributed by atoms with Crippen LogP contribution in [0.25, 0.3) is 0 Å². The van der Waals surface area contributed by atoms with Crippen LogP contribution in [0.3, 0.4) is 0 Å². The number of aromatic hydroxyl groups is 3. The molecule has 0 aliphatic heterocycles. The molecule has 3 rings (SSSR count). The number of ether oxygens (including phenoxy) is 2. The lowest BCUT2D eigenvalue weighted by atomic mass is 10.1. The van der Waals surface area contributed by atoms with E-state index < -0.39 is 11.9 Å². The maximum atomic E-state index is 12.3. The van der Waals surface area contributed by atoms with Gasteiger partial charge in [0.05, 0.1) is 11.1 Å². The number of phenols is 3. The molecule has 0 aromatic heterocycles. The second kappa shape index (κ2) is 7.49. The molecule has 3 aromatic carbocycles. The molecule has 0 heterocycles. The molecule has 0 radical (unpaired) electrons. The van der Waals surface area contributed by atoms with Crippen molar-refractivity contribution in [3.05, 3.63) is 77.9 Å². The quantitative estimate of drug-likeness (QED) is 0.480. The van der Waals surface area contributed by atoms with E-state index in [4.69, 9.17) is 9.47 Å². The molecule has 0 saturated carbocycles. The summed E-state index contributed by atoms with van der Waals surface area (Å²) in [4.78, 5) is 24.5. The van der Waals surface area contributed by atoms with Gasteiger partial charge < -0.3 is 24.8 Å². The van der Waals surface area contributed by atoms with E-state index in [0.717, 1.165) is 12.1 Å². The fourth-order valence-electron chi connectivity index (χ4n) is 2.27. The van der Waals surface area contributed by atoms with Gasteiger partial charge in [0.1, 0.15) is 28.7 Å². The van der Waals surface area contributed by atoms with Crippen LogP contribution in [0.2, 0.25) is 0 Å². The van der Waals surface area contributed by atoms with E-state index in [0.29, 0.717) is 0 Å². The number of hydrogen-bond donors (Lipinski definition) is 3. The van der Waals surface area contributed by atoms with Gasteiger partial charge in [0.2, 0.25) is 0 Å². The predicted molar refractivity (Wildman–Crippen MR) is 94.2 cm³/mol. The van der Waals surface area contributed by atoms with Crippen molar-refractivity contribution in [2.75, 3.05) is 0 Å². The topological polar surface area (TPSA) is 113 Å². The standard InChI is InChI=1S/C20H14O7/c21-14-3-1-5-17(10-14)26-19(24)12-7-13(9-16(23)8-12)20(25)27-18-6-2-4-15(22)11-18/h1-11,21-23H. The second-order valence-electron chi connectivity index (χ2n) is 5.54. The van der Waals surface area contributed by atoms with E-state index in [1.807, 2.05) is 0 Å². The Morgan fingerprint density at radius 1 is 0.593 bits per heavy atom. The minimum atomic E-state index is -0.831. The van der Waals surface area contributed by atoms with Crippen molar-refractivity contribution in [1.29, 1.82) is 0 Å². The Labute approximate surface area is 153 Å². The van der Waals surface area contributed by atoms with Crippen molar-refractivity contribution >= 4 is 11.9 Å². The van der Waals surface area contributed by atoms with E-state index in [-0.39, 0.29) is 39.9 Å². The first-order chi connectivity index (χ1) is 12.9. The minimum Gasteiger partial charge on any atom is -0.508 e. The highest BCUT2D eigenvalue weighted by Crippen LogP contribution is 2.23. The minimum absolute atomic E-state index is 0.0772. The van der Waals surface area contributed by atoms with E-state index in [9.17, 15) is 24.9 Å². The van der Waals surface area contributed by atoms with Gasteiger partial charge in [0.15, 0.2) is 0 Å². The number of hydrogen-bond acceptors (Lipinski definition) is 7. The van der Waals surface area contributed by atoms with Crippen LogP contribution in [0.1, 0.15) is 20.7 Å². The smallest absolute Gasteiger partial charge is 0.343 e. The summed E-state index contributed by atoms with van der Waals surface area (Å²) in [6.07, 6.45) is 0. The fourth-order valence-corrected chi connectivity index (χ4v) is 2.27. The van der Waals surface area contributed by atoms with Crippen molar-refractivity contribution < 1.29 is 34.4 Å². The summed E-state index contributed by atoms with van der Waals surface area (Å²) in [5, 5.41) is 28.6. The van der Waals surface area contributed by atoms with Crippen molar-refractivity contribution in [3.8, 4) is 28.7 Å². The Hall–Kier alpha value is -4.00. The Morgan fingerprint density at radius 3 is 1.44 bits per heavy atom. The predicted octanol–water partition coefficient (Wildman–Crippen LogP) is 3.24. The highest BCUT2D eigenvalue weighted by atomic mass is 16.5. The molecule has 0 aliphatic carbocycles. The van der Waals surface area contributed by atoms with Crippen molar-refractivity contribution in [2.24, 2.45) is 0 Å². The molecule has 7 nitrogen and oxygen atoms in total. The van der Waals surface area contributed by atoms with Crippen LogP contribution in [-0.4, -0.2) is 27.3 Å². The molecule has 0 fully saturated rings. The number of phenolic OH excluding ortho intramolecular Hbond substituents is 3. The van der Waals surface area contributed by atoms with E-state index in [1.54, 1.807) is 0 Å². The Morgan fingerprint density at radius 2 is 1.04 bits per heavy atom. The fraction of sp³-hybridized carbons (Fsp3) is 0. The third kappa shape index (κ3) is 4.55. The summed E-state index contributed by atoms with van der Waals surface area (Å²) in [5.74, 6) is -1.94. The molecule has 0 aliphatic rings. The average molecular weight is 366 g/mol. The number of rotatable bonds is 4. The summed E-state index contributed by atoms with van der Waals surface area (Å²) >= 11 is 0. The Bertz CT molecular complexity index is 933. The number of carbonyl (C=O) groups is 2. The summed E-state index contributed by atoms with van der Waals surface area (Å²) < 4.78 is 10.2. The van der Waals surface area contributed by atoms with Crippen LogP contribution < -0.4 is 9.47 Å². The maximum absolute atomic E-state index is 12.3. The molecule has 27 heavy (non-hydrogen) atoms. The third-order valence-electron chi connectivity index (χ3n) is 3.45. The van der Waals surface area contributed by atoms with Crippen molar-refractivity contribution in [3.63, 3.8) is 0 Å². The first kappa shape index (κ1) is 17.8. The molecular weight excluding hydrogens is 352 g/mol. The number of carbonyl (C=O) groups excluding carboxylic acids is 2. The zero-order valence-corrected chi connectivity index (χ0v) is 13.8. The van der Waals surface area contributed by atoms with Gasteiger partial charge in [-0.25, -0.2) is 9.59 Å². The SMILES string of the molecule is O=C(Oc1cccc(O)c1)c1cc(O)cc(C(=O)Oc2cccc(O)c2)c1. The lowest BCUT2D eigenvalue weighted by Gasteiger charge is -2.08. The van der Waals surface area contributed by atoms with Crippen LogP contribution in [0.4, 0.5) is 0 Å². The highest BCUT2D eigenvalue weighted by molar-refractivity contribution is 5.97. The molecule has 0 atom stereocenters. The van der Waals surface area contributed by atoms with Crippen LogP contribution >= 0.6 is 0 Å². The van der Waals surface area contributed by atoms with Gasteiger partial charge in [0, 0.05) is 12.1 Å². The van der Waals surface area contributed by atoms with Crippen LogP contribution in [0, 0.1) is 0 Å². The van der Waals surface area contributed by atoms with E-state index in [1.165, 1.54) is 54.6 Å². The van der Waals surface area contributed by atoms with Gasteiger partial charge in [-0.15, -0.1) is 0 Å². The normalized spacial score (nSPS) is 10.2. The van der Waals surface area contributed by atoms with E-state index >= 15 is 0 Å². The molecule has 0 spiro atoms. The third-order valence-corrected chi connectivity index (χ3v) is 3.45. The largest absolute Gasteiger partial charge is 0.508 e. The monoisotopic (exact) mass is 366 g/mol. The summed E-state index contributed by atoms with van der Waals surface area (Å²) in [6.45, 7) is 0. The van der Waals surface area contributed by atoms with Gasteiger partial charge in [-0.2, -0.15) is 0 Å². The Kier molecular flexibility index (Phi) is 4.94. The molecule has 3 aromatic rings. The number of benzene rings is 3. The summed E-state index contributed by atoms with van der Waals surface area (Å²) in [7, 11) is 0. The highest BCUT2D eigenvalue weighted by Gasteiger charge is 2.16. The summed E-state index contributed by atoms with van der Waals surface area (Å²) in [6, 6.07) is 14.7. The molecule has 0 bridgehead atoms. The molecule has 0 amide bonds. The number of esters is 2. The maximum Gasteiger partial charge on any atom is 0.343 e. The molecule has 0 saturated heterocycles. The van der Waals surface area contributed by atoms with Gasteiger partial charge in [0.25, 0.3) is 0 Å². The molecule has 3 N–H and O–H groups in total. The first-order valence-corrected chi connectivity index (χ1v) is 7.77. The van der Waals surface area contributed by atoms with Crippen molar-refractivity contribution in [1.82, 2.24) is 0 Å². The van der Waals surface area contributed by atoms with E-state index in [2.05, 4.69) is 0 Å².